The molecule has 0 saturated heterocycles. The third kappa shape index (κ3) is 1.80. The van der Waals surface area contributed by atoms with Gasteiger partial charge in [0, 0.05) is 0 Å². The molecule has 0 unspecified atom stereocenters. The number of aromatic carboxylic acids is 1. The minimum Gasteiger partial charge on any atom is -0.478 e. The Labute approximate surface area is 111 Å². The van der Waals surface area contributed by atoms with Gasteiger partial charge in [-0.05, 0) is 24.3 Å². The number of carboxylic acid groups (broad SMARTS) is 1. The number of nitrogens with zero attached hydrogens (tertiary/aromatic N) is 3. The fraction of sp³-hybridized carbons (Fsp3) is 0. The average molecular weight is 275 g/mol. The number of benzene rings is 2. The van der Waals surface area contributed by atoms with Gasteiger partial charge in [0.05, 0.1) is 11.1 Å². The van der Waals surface area contributed by atoms with Gasteiger partial charge in [-0.2, -0.15) is 0 Å². The summed E-state index contributed by atoms with van der Waals surface area (Å²) in [5.74, 6) is -3.44. The van der Waals surface area contributed by atoms with Crippen molar-refractivity contribution in [2.45, 2.75) is 0 Å². The molecule has 0 bridgehead atoms. The summed E-state index contributed by atoms with van der Waals surface area (Å²) in [7, 11) is 0. The zero-order valence-corrected chi connectivity index (χ0v) is 9.92. The zero-order chi connectivity index (χ0) is 14.3. The summed E-state index contributed by atoms with van der Waals surface area (Å²) in [5, 5.41) is 16.3. The van der Waals surface area contributed by atoms with Crippen molar-refractivity contribution in [3.63, 3.8) is 0 Å². The first-order valence-corrected chi connectivity index (χ1v) is 5.61. The van der Waals surface area contributed by atoms with Crippen LogP contribution in [0, 0.1) is 11.6 Å². The van der Waals surface area contributed by atoms with Crippen molar-refractivity contribution in [3.8, 4) is 5.69 Å². The maximum absolute atomic E-state index is 14.0. The van der Waals surface area contributed by atoms with Crippen LogP contribution in [0.15, 0.2) is 36.4 Å². The van der Waals surface area contributed by atoms with E-state index in [1.165, 1.54) is 0 Å². The summed E-state index contributed by atoms with van der Waals surface area (Å²) in [6.45, 7) is 0. The molecule has 2 aromatic carbocycles. The van der Waals surface area contributed by atoms with Crippen LogP contribution in [0.3, 0.4) is 0 Å². The van der Waals surface area contributed by atoms with E-state index in [0.717, 1.165) is 16.8 Å². The van der Waals surface area contributed by atoms with Crippen LogP contribution in [0.4, 0.5) is 8.78 Å². The molecule has 5 nitrogen and oxygen atoms in total. The standard InChI is InChI=1S/C13H7F2N3O2/c14-8-5-7(13(19)20)6-9(15)12(8)18-11-4-2-1-3-10(11)16-17-18/h1-6H,(H,19,20). The number of carbonyl (C=O) groups is 1. The molecule has 0 aliphatic rings. The van der Waals surface area contributed by atoms with Gasteiger partial charge in [0.15, 0.2) is 11.6 Å². The van der Waals surface area contributed by atoms with Crippen LogP contribution in [-0.2, 0) is 0 Å². The fourth-order valence-electron chi connectivity index (χ4n) is 1.93. The lowest BCUT2D eigenvalue weighted by Gasteiger charge is -2.06. The second-order valence-electron chi connectivity index (χ2n) is 4.08. The average Bonchev–Trinajstić information content (AvgIpc) is 2.82. The first-order valence-electron chi connectivity index (χ1n) is 5.61. The number of carboxylic acids is 1. The highest BCUT2D eigenvalue weighted by molar-refractivity contribution is 5.88. The van der Waals surface area contributed by atoms with Gasteiger partial charge in [0.2, 0.25) is 0 Å². The number of para-hydroxylation sites is 1. The highest BCUT2D eigenvalue weighted by Gasteiger charge is 2.18. The molecule has 0 radical (unpaired) electrons. The molecule has 1 N–H and O–H groups in total. The van der Waals surface area contributed by atoms with Gasteiger partial charge in [-0.25, -0.2) is 18.3 Å². The summed E-state index contributed by atoms with van der Waals surface area (Å²) in [6.07, 6.45) is 0. The molecule has 1 aromatic heterocycles. The molecule has 0 amide bonds. The smallest absolute Gasteiger partial charge is 0.335 e. The van der Waals surface area contributed by atoms with Gasteiger partial charge < -0.3 is 5.11 Å². The Morgan fingerprint density at radius 2 is 1.80 bits per heavy atom. The van der Waals surface area contributed by atoms with Crippen LogP contribution in [0.1, 0.15) is 10.4 Å². The molecule has 3 aromatic rings. The molecule has 3 rings (SSSR count). The Bertz CT molecular complexity index is 806. The van der Waals surface area contributed by atoms with Gasteiger partial charge in [-0.3, -0.25) is 0 Å². The van der Waals surface area contributed by atoms with Crippen molar-refractivity contribution in [1.29, 1.82) is 0 Å². The fourth-order valence-corrected chi connectivity index (χ4v) is 1.93. The third-order valence-corrected chi connectivity index (χ3v) is 2.83. The molecule has 100 valence electrons. The normalized spacial score (nSPS) is 10.9. The van der Waals surface area contributed by atoms with E-state index in [1.807, 2.05) is 0 Å². The van der Waals surface area contributed by atoms with E-state index in [0.29, 0.717) is 11.0 Å². The molecule has 7 heteroatoms. The predicted molar refractivity (Wildman–Crippen MR) is 65.7 cm³/mol. The zero-order valence-electron chi connectivity index (χ0n) is 9.92. The van der Waals surface area contributed by atoms with Crippen LogP contribution in [0.2, 0.25) is 0 Å². The molecular weight excluding hydrogens is 268 g/mol. The summed E-state index contributed by atoms with van der Waals surface area (Å²) in [6, 6.07) is 8.17. The maximum atomic E-state index is 14.0. The highest BCUT2D eigenvalue weighted by Crippen LogP contribution is 2.22. The first kappa shape index (κ1) is 12.2. The maximum Gasteiger partial charge on any atom is 0.335 e. The number of halogens is 2. The second kappa shape index (κ2) is 4.37. The number of aromatic nitrogens is 3. The number of hydrogen-bond acceptors (Lipinski definition) is 3. The number of hydrogen-bond donors (Lipinski definition) is 1. The van der Waals surface area contributed by atoms with E-state index in [4.69, 9.17) is 5.11 Å². The second-order valence-corrected chi connectivity index (χ2v) is 4.08. The van der Waals surface area contributed by atoms with Crippen molar-refractivity contribution < 1.29 is 18.7 Å². The lowest BCUT2D eigenvalue weighted by molar-refractivity contribution is 0.0695. The predicted octanol–water partition coefficient (Wildman–Crippen LogP) is 2.40. The van der Waals surface area contributed by atoms with E-state index in [1.54, 1.807) is 24.3 Å². The molecular formula is C13H7F2N3O2. The van der Waals surface area contributed by atoms with E-state index >= 15 is 0 Å². The Balaban J connectivity index is 2.27. The monoisotopic (exact) mass is 275 g/mol. The molecule has 20 heavy (non-hydrogen) atoms. The van der Waals surface area contributed by atoms with Crippen LogP contribution >= 0.6 is 0 Å². The Morgan fingerprint density at radius 3 is 2.45 bits per heavy atom. The van der Waals surface area contributed by atoms with Gasteiger partial charge in [-0.15, -0.1) is 5.10 Å². The molecule has 0 saturated carbocycles. The quantitative estimate of drug-likeness (QED) is 0.779. The number of rotatable bonds is 2. The van der Waals surface area contributed by atoms with Crippen molar-refractivity contribution >= 4 is 17.0 Å². The minimum absolute atomic E-state index is 0.424. The molecule has 0 aliphatic carbocycles. The van der Waals surface area contributed by atoms with E-state index in [2.05, 4.69) is 10.3 Å². The van der Waals surface area contributed by atoms with E-state index in [9.17, 15) is 13.6 Å². The minimum atomic E-state index is -1.40. The Kier molecular flexibility index (Phi) is 2.67. The highest BCUT2D eigenvalue weighted by atomic mass is 19.1. The van der Waals surface area contributed by atoms with Crippen LogP contribution < -0.4 is 0 Å². The molecule has 1 heterocycles. The topological polar surface area (TPSA) is 68.0 Å². The Hall–Kier alpha value is -2.83. The van der Waals surface area contributed by atoms with Gasteiger partial charge in [-0.1, -0.05) is 17.3 Å². The SMILES string of the molecule is O=C(O)c1cc(F)c(-n2nnc3ccccc32)c(F)c1. The summed E-state index contributed by atoms with van der Waals surface area (Å²) < 4.78 is 28.9. The molecule has 0 atom stereocenters. The molecule has 0 aliphatic heterocycles. The van der Waals surface area contributed by atoms with E-state index < -0.39 is 28.9 Å². The van der Waals surface area contributed by atoms with Crippen LogP contribution in [-0.4, -0.2) is 26.1 Å². The first-order chi connectivity index (χ1) is 9.58. The van der Waals surface area contributed by atoms with Crippen molar-refractivity contribution in [1.82, 2.24) is 15.0 Å². The largest absolute Gasteiger partial charge is 0.478 e. The molecule has 0 spiro atoms. The summed E-state index contributed by atoms with van der Waals surface area (Å²) >= 11 is 0. The van der Waals surface area contributed by atoms with Crippen molar-refractivity contribution in [3.05, 3.63) is 53.6 Å². The summed E-state index contributed by atoms with van der Waals surface area (Å²) in [4.78, 5) is 10.7. The lowest BCUT2D eigenvalue weighted by Crippen LogP contribution is -2.07. The third-order valence-electron chi connectivity index (χ3n) is 2.83. The molecule has 0 fully saturated rings. The van der Waals surface area contributed by atoms with E-state index in [-0.39, 0.29) is 0 Å². The van der Waals surface area contributed by atoms with Crippen LogP contribution in [0.5, 0.6) is 0 Å². The van der Waals surface area contributed by atoms with Crippen molar-refractivity contribution in [2.75, 3.05) is 0 Å². The van der Waals surface area contributed by atoms with Gasteiger partial charge in [0.25, 0.3) is 0 Å². The number of fused-ring (bicyclic) bond motifs is 1. The van der Waals surface area contributed by atoms with Crippen molar-refractivity contribution in [2.24, 2.45) is 0 Å². The van der Waals surface area contributed by atoms with Gasteiger partial charge >= 0.3 is 5.97 Å². The van der Waals surface area contributed by atoms with Gasteiger partial charge in [0.1, 0.15) is 11.2 Å². The van der Waals surface area contributed by atoms with Crippen LogP contribution in [0.25, 0.3) is 16.7 Å². The lowest BCUT2D eigenvalue weighted by atomic mass is 10.2. The summed E-state index contributed by atoms with van der Waals surface area (Å²) in [5.41, 5.74) is -0.0149. The Morgan fingerprint density at radius 1 is 1.15 bits per heavy atom.